The lowest BCUT2D eigenvalue weighted by Gasteiger charge is -2.40. The Bertz CT molecular complexity index is 2680. The van der Waals surface area contributed by atoms with Crippen molar-refractivity contribution in [3.05, 3.63) is 191 Å². The highest BCUT2D eigenvalue weighted by Crippen LogP contribution is 2.64. The van der Waals surface area contributed by atoms with E-state index in [-0.39, 0.29) is 5.41 Å². The van der Waals surface area contributed by atoms with Gasteiger partial charge in [0.2, 0.25) is 0 Å². The highest BCUT2D eigenvalue weighted by Gasteiger charge is 2.52. The van der Waals surface area contributed by atoms with Crippen molar-refractivity contribution in [3.63, 3.8) is 0 Å². The first-order chi connectivity index (χ1) is 24.1. The Morgan fingerprint density at radius 3 is 1.65 bits per heavy atom. The van der Waals surface area contributed by atoms with Crippen LogP contribution in [-0.4, -0.2) is 0 Å². The van der Waals surface area contributed by atoms with Gasteiger partial charge in [-0.05, 0) is 78.5 Å². The highest BCUT2D eigenvalue weighted by molar-refractivity contribution is 6.05. The Hall–Kier alpha value is -5.92. The van der Waals surface area contributed by atoms with Crippen molar-refractivity contribution in [1.29, 1.82) is 0 Å². The summed E-state index contributed by atoms with van der Waals surface area (Å²) in [5, 5.41) is 4.66. The molecule has 2 aliphatic carbocycles. The van der Waals surface area contributed by atoms with E-state index in [1.54, 1.807) is 0 Å². The van der Waals surface area contributed by atoms with Crippen molar-refractivity contribution in [2.75, 3.05) is 0 Å². The molecule has 0 aromatic heterocycles. The third-order valence-electron chi connectivity index (χ3n) is 11.7. The summed E-state index contributed by atoms with van der Waals surface area (Å²) >= 11 is 0. The molecular formula is C48H32O. The predicted molar refractivity (Wildman–Crippen MR) is 202 cm³/mol. The standard InChI is InChI=1S/C48H32O/c1-47(2)39-20-10-7-16-33(39)36-25-23-30(27-43(36)47)38-28-44-46(37-19-6-5-15-32(37)38)49-45-31-14-4-3-13-29(31)24-26-42(45)48(44)40-21-11-8-17-34(40)35-18-9-12-22-41(35)48/h3-28H,1-2H3. The normalized spacial score (nSPS) is 15.2. The van der Waals surface area contributed by atoms with E-state index in [0.717, 1.165) is 22.3 Å². The molecule has 0 N–H and O–H groups in total. The van der Waals surface area contributed by atoms with Crippen molar-refractivity contribution in [3.8, 4) is 44.9 Å². The lowest BCUT2D eigenvalue weighted by Crippen LogP contribution is -2.32. The number of hydrogen-bond donors (Lipinski definition) is 0. The van der Waals surface area contributed by atoms with Crippen LogP contribution in [0, 0.1) is 0 Å². The molecule has 3 aliphatic rings. The third-order valence-corrected chi connectivity index (χ3v) is 11.7. The molecule has 11 rings (SSSR count). The fraction of sp³-hybridized carbons (Fsp3) is 0.0833. The molecule has 0 saturated carbocycles. The molecule has 8 aromatic carbocycles. The number of benzene rings is 8. The van der Waals surface area contributed by atoms with Crippen LogP contribution in [0.15, 0.2) is 158 Å². The van der Waals surface area contributed by atoms with Crippen LogP contribution in [0.2, 0.25) is 0 Å². The van der Waals surface area contributed by atoms with Gasteiger partial charge in [0.05, 0.1) is 5.41 Å². The van der Waals surface area contributed by atoms with E-state index in [1.165, 1.54) is 77.5 Å². The van der Waals surface area contributed by atoms with Gasteiger partial charge in [0.15, 0.2) is 0 Å². The minimum atomic E-state index is -0.550. The fourth-order valence-corrected chi connectivity index (χ4v) is 9.56. The monoisotopic (exact) mass is 624 g/mol. The summed E-state index contributed by atoms with van der Waals surface area (Å²) in [5.74, 6) is 1.90. The second-order valence-electron chi connectivity index (χ2n) is 14.4. The summed E-state index contributed by atoms with van der Waals surface area (Å²) in [4.78, 5) is 0. The molecule has 49 heavy (non-hydrogen) atoms. The minimum absolute atomic E-state index is 0.0837. The Kier molecular flexibility index (Phi) is 5.17. The molecule has 1 aliphatic heterocycles. The number of ether oxygens (including phenoxy) is 1. The van der Waals surface area contributed by atoms with Crippen LogP contribution in [0.5, 0.6) is 11.5 Å². The highest BCUT2D eigenvalue weighted by atomic mass is 16.5. The van der Waals surface area contributed by atoms with E-state index in [1.807, 2.05) is 0 Å². The molecular weight excluding hydrogens is 593 g/mol. The SMILES string of the molecule is CC1(C)c2ccccc2-c2ccc(-c3cc4c(c5ccccc35)Oc3c(ccc5ccccc35)C43c4ccccc4-c4ccccc43)cc21. The zero-order valence-corrected chi connectivity index (χ0v) is 27.4. The Labute approximate surface area is 286 Å². The van der Waals surface area contributed by atoms with Gasteiger partial charge >= 0.3 is 0 Å². The number of hydrogen-bond acceptors (Lipinski definition) is 1. The largest absolute Gasteiger partial charge is 0.455 e. The van der Waals surface area contributed by atoms with E-state index in [2.05, 4.69) is 172 Å². The predicted octanol–water partition coefficient (Wildman–Crippen LogP) is 12.4. The van der Waals surface area contributed by atoms with Crippen molar-refractivity contribution in [1.82, 2.24) is 0 Å². The van der Waals surface area contributed by atoms with E-state index < -0.39 is 5.41 Å². The van der Waals surface area contributed by atoms with Crippen LogP contribution in [0.1, 0.15) is 47.2 Å². The van der Waals surface area contributed by atoms with Crippen molar-refractivity contribution in [2.45, 2.75) is 24.7 Å². The van der Waals surface area contributed by atoms with Gasteiger partial charge in [-0.15, -0.1) is 0 Å². The molecule has 0 fully saturated rings. The number of fused-ring (bicyclic) bond motifs is 16. The summed E-state index contributed by atoms with van der Waals surface area (Å²) in [6.45, 7) is 4.73. The molecule has 8 aromatic rings. The summed E-state index contributed by atoms with van der Waals surface area (Å²) in [6.07, 6.45) is 0. The van der Waals surface area contributed by atoms with Crippen LogP contribution < -0.4 is 4.74 Å². The smallest absolute Gasteiger partial charge is 0.140 e. The maximum absolute atomic E-state index is 7.26. The average Bonchev–Trinajstić information content (AvgIpc) is 3.57. The van der Waals surface area contributed by atoms with E-state index >= 15 is 0 Å². The van der Waals surface area contributed by atoms with Gasteiger partial charge in [0.25, 0.3) is 0 Å². The first-order valence-corrected chi connectivity index (χ1v) is 17.3. The first-order valence-electron chi connectivity index (χ1n) is 17.3. The molecule has 1 heteroatoms. The Morgan fingerprint density at radius 1 is 0.367 bits per heavy atom. The van der Waals surface area contributed by atoms with Gasteiger partial charge in [-0.2, -0.15) is 0 Å². The van der Waals surface area contributed by atoms with Crippen molar-refractivity contribution < 1.29 is 4.74 Å². The van der Waals surface area contributed by atoms with Crippen LogP contribution in [0.4, 0.5) is 0 Å². The number of rotatable bonds is 1. The third kappa shape index (κ3) is 3.30. The molecule has 0 saturated heterocycles. The van der Waals surface area contributed by atoms with E-state index in [0.29, 0.717) is 0 Å². The zero-order chi connectivity index (χ0) is 32.5. The molecule has 1 nitrogen and oxygen atoms in total. The molecule has 0 amide bonds. The lowest BCUT2D eigenvalue weighted by atomic mass is 9.65. The molecule has 0 unspecified atom stereocenters. The zero-order valence-electron chi connectivity index (χ0n) is 27.4. The Morgan fingerprint density at radius 2 is 0.918 bits per heavy atom. The topological polar surface area (TPSA) is 9.23 Å². The summed E-state index contributed by atoms with van der Waals surface area (Å²) in [7, 11) is 0. The average molecular weight is 625 g/mol. The quantitative estimate of drug-likeness (QED) is 0.177. The van der Waals surface area contributed by atoms with Gasteiger partial charge in [0.1, 0.15) is 11.5 Å². The lowest BCUT2D eigenvalue weighted by molar-refractivity contribution is 0.447. The molecule has 230 valence electrons. The van der Waals surface area contributed by atoms with Crippen molar-refractivity contribution in [2.24, 2.45) is 0 Å². The summed E-state index contributed by atoms with van der Waals surface area (Å²) < 4.78 is 7.26. The van der Waals surface area contributed by atoms with Crippen LogP contribution in [0.25, 0.3) is 54.9 Å². The molecule has 0 radical (unpaired) electrons. The minimum Gasteiger partial charge on any atom is -0.455 e. The second-order valence-corrected chi connectivity index (χ2v) is 14.4. The second kappa shape index (κ2) is 9.36. The van der Waals surface area contributed by atoms with Gasteiger partial charge in [-0.1, -0.05) is 159 Å². The van der Waals surface area contributed by atoms with Gasteiger partial charge in [-0.25, -0.2) is 0 Å². The molecule has 0 atom stereocenters. The van der Waals surface area contributed by atoms with E-state index in [9.17, 15) is 0 Å². The molecule has 1 heterocycles. The molecule has 0 bridgehead atoms. The summed E-state index contributed by atoms with van der Waals surface area (Å²) in [5.41, 5.74) is 14.9. The maximum atomic E-state index is 7.26. The van der Waals surface area contributed by atoms with Crippen LogP contribution in [0.3, 0.4) is 0 Å². The van der Waals surface area contributed by atoms with Gasteiger partial charge in [-0.3, -0.25) is 0 Å². The molecule has 1 spiro atoms. The van der Waals surface area contributed by atoms with Gasteiger partial charge < -0.3 is 4.74 Å². The Balaban J connectivity index is 1.28. The maximum Gasteiger partial charge on any atom is 0.140 e. The van der Waals surface area contributed by atoms with Gasteiger partial charge in [0, 0.05) is 27.3 Å². The fourth-order valence-electron chi connectivity index (χ4n) is 9.56. The summed E-state index contributed by atoms with van der Waals surface area (Å²) in [6, 6.07) is 58.6. The van der Waals surface area contributed by atoms with Crippen LogP contribution in [-0.2, 0) is 10.8 Å². The van der Waals surface area contributed by atoms with Crippen LogP contribution >= 0.6 is 0 Å². The van der Waals surface area contributed by atoms with E-state index in [4.69, 9.17) is 4.74 Å². The van der Waals surface area contributed by atoms with Crippen molar-refractivity contribution >= 4 is 21.5 Å². The first kappa shape index (κ1) is 27.1.